The third kappa shape index (κ3) is 5.53. The van der Waals surface area contributed by atoms with Crippen LogP contribution in [-0.2, 0) is 16.0 Å². The molecule has 5 nitrogen and oxygen atoms in total. The van der Waals surface area contributed by atoms with Crippen molar-refractivity contribution in [2.75, 3.05) is 0 Å². The largest absolute Gasteiger partial charge is 0.368 e. The number of nitrogens with zero attached hydrogens (tertiary/aromatic N) is 1. The van der Waals surface area contributed by atoms with Gasteiger partial charge in [0.2, 0.25) is 11.8 Å². The van der Waals surface area contributed by atoms with Gasteiger partial charge in [-0.05, 0) is 25.3 Å². The summed E-state index contributed by atoms with van der Waals surface area (Å²) in [5.74, 6) is -1.18. The summed E-state index contributed by atoms with van der Waals surface area (Å²) in [5.41, 5.74) is 6.29. The second kappa shape index (κ2) is 7.95. The van der Waals surface area contributed by atoms with Gasteiger partial charge in [0.1, 0.15) is 6.04 Å². The first kappa shape index (κ1) is 15.7. The van der Waals surface area contributed by atoms with Crippen molar-refractivity contribution in [2.45, 2.75) is 32.2 Å². The van der Waals surface area contributed by atoms with Gasteiger partial charge in [0, 0.05) is 12.3 Å². The number of amides is 2. The van der Waals surface area contributed by atoms with Gasteiger partial charge in [0.15, 0.2) is 0 Å². The molecule has 2 atom stereocenters. The Labute approximate surface area is 118 Å². The number of hydrogen-bond acceptors (Lipinski definition) is 3. The Morgan fingerprint density at radius 2 is 2.00 bits per heavy atom. The molecule has 0 bridgehead atoms. The first-order chi connectivity index (χ1) is 9.52. The average molecular weight is 273 g/mol. The van der Waals surface area contributed by atoms with E-state index in [0.29, 0.717) is 6.42 Å². The molecule has 1 rings (SSSR count). The van der Waals surface area contributed by atoms with Crippen LogP contribution in [-0.4, -0.2) is 17.9 Å². The molecule has 0 saturated heterocycles. The summed E-state index contributed by atoms with van der Waals surface area (Å²) in [6, 6.07) is 10.9. The third-order valence-electron chi connectivity index (χ3n) is 2.97. The number of rotatable bonds is 7. The number of nitrogens with two attached hydrogens (primary N) is 1. The number of benzene rings is 1. The lowest BCUT2D eigenvalue weighted by Gasteiger charge is -2.16. The van der Waals surface area contributed by atoms with Gasteiger partial charge in [-0.3, -0.25) is 9.59 Å². The molecule has 0 saturated carbocycles. The highest BCUT2D eigenvalue weighted by molar-refractivity contribution is 5.86. The molecule has 5 heteroatoms. The Balaban J connectivity index is 2.46. The van der Waals surface area contributed by atoms with Crippen LogP contribution in [0, 0.1) is 17.2 Å². The highest BCUT2D eigenvalue weighted by atomic mass is 16.2. The van der Waals surface area contributed by atoms with Crippen LogP contribution in [0.25, 0.3) is 0 Å². The third-order valence-corrected chi connectivity index (χ3v) is 2.97. The summed E-state index contributed by atoms with van der Waals surface area (Å²) in [4.78, 5) is 23.1. The van der Waals surface area contributed by atoms with Crippen LogP contribution >= 0.6 is 0 Å². The van der Waals surface area contributed by atoms with Crippen molar-refractivity contribution < 1.29 is 9.59 Å². The summed E-state index contributed by atoms with van der Waals surface area (Å²) in [6.45, 7) is 1.69. The number of aryl methyl sites for hydroxylation is 1. The summed E-state index contributed by atoms with van der Waals surface area (Å²) in [5, 5.41) is 11.3. The lowest BCUT2D eigenvalue weighted by molar-refractivity contribution is -0.127. The Morgan fingerprint density at radius 1 is 1.35 bits per heavy atom. The van der Waals surface area contributed by atoms with E-state index in [1.165, 1.54) is 0 Å². The minimum absolute atomic E-state index is 0.234. The molecule has 1 aromatic rings. The van der Waals surface area contributed by atoms with Gasteiger partial charge >= 0.3 is 0 Å². The molecule has 0 aliphatic rings. The maximum Gasteiger partial charge on any atom is 0.240 e. The maximum atomic E-state index is 11.8. The molecule has 0 spiro atoms. The van der Waals surface area contributed by atoms with Gasteiger partial charge in [0.25, 0.3) is 0 Å². The number of carbonyl (C=O) groups excluding carboxylic acids is 2. The number of nitrogens with one attached hydrogen (secondary N) is 1. The van der Waals surface area contributed by atoms with E-state index in [2.05, 4.69) is 5.32 Å². The normalized spacial score (nSPS) is 13.0. The Kier molecular flexibility index (Phi) is 6.24. The molecule has 1 aromatic carbocycles. The Morgan fingerprint density at radius 3 is 2.55 bits per heavy atom. The van der Waals surface area contributed by atoms with Crippen LogP contribution in [0.3, 0.4) is 0 Å². The van der Waals surface area contributed by atoms with Crippen molar-refractivity contribution in [3.63, 3.8) is 0 Å². The predicted octanol–water partition coefficient (Wildman–Crippen LogP) is 1.14. The molecule has 0 aromatic heterocycles. The molecule has 0 unspecified atom stereocenters. The van der Waals surface area contributed by atoms with E-state index in [1.807, 2.05) is 36.4 Å². The number of nitriles is 1. The molecular weight excluding hydrogens is 254 g/mol. The number of carbonyl (C=O) groups is 2. The first-order valence-electron chi connectivity index (χ1n) is 6.55. The first-order valence-corrected chi connectivity index (χ1v) is 6.55. The minimum Gasteiger partial charge on any atom is -0.368 e. The zero-order chi connectivity index (χ0) is 15.0. The highest BCUT2D eigenvalue weighted by Crippen LogP contribution is 2.06. The van der Waals surface area contributed by atoms with Crippen LogP contribution in [0.2, 0.25) is 0 Å². The van der Waals surface area contributed by atoms with Gasteiger partial charge in [-0.15, -0.1) is 0 Å². The van der Waals surface area contributed by atoms with E-state index < -0.39 is 11.9 Å². The van der Waals surface area contributed by atoms with Crippen molar-refractivity contribution >= 4 is 11.8 Å². The quantitative estimate of drug-likeness (QED) is 0.779. The van der Waals surface area contributed by atoms with Crippen LogP contribution in [0.15, 0.2) is 30.3 Å². The molecule has 0 aliphatic heterocycles. The number of hydrogen-bond donors (Lipinski definition) is 2. The topological polar surface area (TPSA) is 96.0 Å². The summed E-state index contributed by atoms with van der Waals surface area (Å²) < 4.78 is 0. The average Bonchev–Trinajstić information content (AvgIpc) is 2.45. The van der Waals surface area contributed by atoms with Crippen LogP contribution in [0.5, 0.6) is 0 Å². The molecule has 106 valence electrons. The van der Waals surface area contributed by atoms with Crippen LogP contribution in [0.4, 0.5) is 0 Å². The molecule has 0 heterocycles. The van der Waals surface area contributed by atoms with E-state index >= 15 is 0 Å². The number of primary amides is 1. The highest BCUT2D eigenvalue weighted by Gasteiger charge is 2.20. The van der Waals surface area contributed by atoms with Crippen LogP contribution in [0.1, 0.15) is 25.3 Å². The van der Waals surface area contributed by atoms with E-state index in [0.717, 1.165) is 5.56 Å². The van der Waals surface area contributed by atoms with E-state index in [-0.39, 0.29) is 24.7 Å². The molecule has 0 aliphatic carbocycles. The van der Waals surface area contributed by atoms with E-state index in [4.69, 9.17) is 11.0 Å². The van der Waals surface area contributed by atoms with Gasteiger partial charge in [0.05, 0.1) is 6.07 Å². The fourth-order valence-corrected chi connectivity index (χ4v) is 1.82. The van der Waals surface area contributed by atoms with Crippen molar-refractivity contribution in [3.8, 4) is 6.07 Å². The molecule has 0 radical (unpaired) electrons. The fraction of sp³-hybridized carbons (Fsp3) is 0.400. The smallest absolute Gasteiger partial charge is 0.240 e. The van der Waals surface area contributed by atoms with Crippen molar-refractivity contribution in [1.82, 2.24) is 5.32 Å². The van der Waals surface area contributed by atoms with Gasteiger partial charge < -0.3 is 11.1 Å². The Hall–Kier alpha value is -2.35. The zero-order valence-corrected chi connectivity index (χ0v) is 11.5. The lowest BCUT2D eigenvalue weighted by Crippen LogP contribution is -2.45. The van der Waals surface area contributed by atoms with Gasteiger partial charge in [-0.1, -0.05) is 30.3 Å². The standard InChI is InChI=1S/C15H19N3O2/c1-11(10-16)9-13(15(17)20)18-14(19)8-7-12-5-3-2-4-6-12/h2-6,11,13H,7-9H2,1H3,(H2,17,20)(H,18,19)/t11-,13+/m1/s1. The predicted molar refractivity (Wildman–Crippen MR) is 75.3 cm³/mol. The zero-order valence-electron chi connectivity index (χ0n) is 11.5. The van der Waals surface area contributed by atoms with E-state index in [9.17, 15) is 9.59 Å². The van der Waals surface area contributed by atoms with Gasteiger partial charge in [-0.25, -0.2) is 0 Å². The van der Waals surface area contributed by atoms with Crippen molar-refractivity contribution in [1.29, 1.82) is 5.26 Å². The molecule has 0 fully saturated rings. The summed E-state index contributed by atoms with van der Waals surface area (Å²) in [7, 11) is 0. The molecule has 2 amide bonds. The second-order valence-electron chi connectivity index (χ2n) is 4.77. The maximum absolute atomic E-state index is 11.8. The lowest BCUT2D eigenvalue weighted by atomic mass is 10.0. The fourth-order valence-electron chi connectivity index (χ4n) is 1.82. The van der Waals surface area contributed by atoms with Crippen LogP contribution < -0.4 is 11.1 Å². The molecule has 20 heavy (non-hydrogen) atoms. The minimum atomic E-state index is -0.784. The second-order valence-corrected chi connectivity index (χ2v) is 4.77. The Bertz CT molecular complexity index is 494. The summed E-state index contributed by atoms with van der Waals surface area (Å²) in [6.07, 6.45) is 1.13. The van der Waals surface area contributed by atoms with Crippen molar-refractivity contribution in [2.24, 2.45) is 11.7 Å². The summed E-state index contributed by atoms with van der Waals surface area (Å²) >= 11 is 0. The monoisotopic (exact) mass is 273 g/mol. The van der Waals surface area contributed by atoms with Crippen molar-refractivity contribution in [3.05, 3.63) is 35.9 Å². The van der Waals surface area contributed by atoms with Gasteiger partial charge in [-0.2, -0.15) is 5.26 Å². The molecule has 3 N–H and O–H groups in total. The molecular formula is C15H19N3O2. The SMILES string of the molecule is C[C@@H](C#N)C[C@H](NC(=O)CCc1ccccc1)C(N)=O. The van der Waals surface area contributed by atoms with E-state index in [1.54, 1.807) is 6.92 Å².